The molecule has 0 saturated heterocycles. The van der Waals surface area contributed by atoms with Crippen LogP contribution in [0.15, 0.2) is 60.7 Å². The summed E-state index contributed by atoms with van der Waals surface area (Å²) in [4.78, 5) is 11.1. The Morgan fingerprint density at radius 3 is 2.54 bits per heavy atom. The van der Waals surface area contributed by atoms with E-state index in [-0.39, 0.29) is 11.6 Å². The summed E-state index contributed by atoms with van der Waals surface area (Å²) in [7, 11) is 0. The van der Waals surface area contributed by atoms with Crippen molar-refractivity contribution in [2.75, 3.05) is 18.4 Å². The molecular weight excluding hydrogens is 376 g/mol. The number of carboxylic acids is 1. The number of carbonyl (C=O) groups is 1. The topological polar surface area (TPSA) is 81.6 Å². The van der Waals surface area contributed by atoms with Gasteiger partial charge in [-0.25, -0.2) is 4.79 Å². The number of benzene rings is 3. The van der Waals surface area contributed by atoms with Gasteiger partial charge in [0.05, 0.1) is 11.7 Å². The number of aromatic carboxylic acids is 1. The predicted octanol–water partition coefficient (Wildman–Crippen LogP) is 4.32. The monoisotopic (exact) mass is 398 g/mol. The highest BCUT2D eigenvalue weighted by Gasteiger charge is 2.10. The van der Waals surface area contributed by atoms with Gasteiger partial charge in [-0.3, -0.25) is 0 Å². The van der Waals surface area contributed by atoms with Crippen molar-refractivity contribution >= 4 is 34.0 Å². The molecule has 0 amide bonds. The number of aliphatic hydroxyl groups is 1. The van der Waals surface area contributed by atoms with Gasteiger partial charge in [-0.2, -0.15) is 0 Å². The van der Waals surface area contributed by atoms with Crippen molar-refractivity contribution in [2.45, 2.75) is 19.1 Å². The van der Waals surface area contributed by atoms with E-state index >= 15 is 0 Å². The number of hydrogen-bond donors (Lipinski definition) is 4. The van der Waals surface area contributed by atoms with Crippen molar-refractivity contribution < 1.29 is 15.0 Å². The summed E-state index contributed by atoms with van der Waals surface area (Å²) < 4.78 is 0. The first kappa shape index (κ1) is 20.1. The van der Waals surface area contributed by atoms with Gasteiger partial charge in [0.15, 0.2) is 0 Å². The van der Waals surface area contributed by atoms with E-state index in [2.05, 4.69) is 10.6 Å². The molecule has 3 rings (SSSR count). The molecule has 0 aliphatic carbocycles. The Hall–Kier alpha value is -2.60. The van der Waals surface area contributed by atoms with Crippen molar-refractivity contribution in [2.24, 2.45) is 0 Å². The molecule has 4 N–H and O–H groups in total. The van der Waals surface area contributed by atoms with Crippen LogP contribution in [0.2, 0.25) is 5.02 Å². The van der Waals surface area contributed by atoms with Crippen molar-refractivity contribution in [3.05, 3.63) is 76.8 Å². The molecule has 0 aromatic heterocycles. The second-order valence-corrected chi connectivity index (χ2v) is 7.28. The zero-order valence-electron chi connectivity index (χ0n) is 15.5. The van der Waals surface area contributed by atoms with Gasteiger partial charge in [-0.15, -0.1) is 0 Å². The minimum absolute atomic E-state index is 0.138. The third-order valence-corrected chi connectivity index (χ3v) is 4.83. The fourth-order valence-corrected chi connectivity index (χ4v) is 3.18. The van der Waals surface area contributed by atoms with Crippen LogP contribution in [0, 0.1) is 0 Å². The molecule has 0 spiro atoms. The fraction of sp³-hybridized carbons (Fsp3) is 0.227. The van der Waals surface area contributed by atoms with Crippen LogP contribution in [0.4, 0.5) is 5.69 Å². The molecule has 0 fully saturated rings. The molecule has 0 aliphatic rings. The Morgan fingerprint density at radius 1 is 1.04 bits per heavy atom. The minimum Gasteiger partial charge on any atom is -0.478 e. The van der Waals surface area contributed by atoms with Crippen LogP contribution in [0.5, 0.6) is 0 Å². The lowest BCUT2D eigenvalue weighted by Crippen LogP contribution is -2.35. The third kappa shape index (κ3) is 5.23. The van der Waals surface area contributed by atoms with Gasteiger partial charge in [-0.05, 0) is 59.7 Å². The Kier molecular flexibility index (Phi) is 6.52. The highest BCUT2D eigenvalue weighted by Crippen LogP contribution is 2.21. The third-order valence-electron chi connectivity index (χ3n) is 4.59. The molecule has 6 heteroatoms. The quantitative estimate of drug-likeness (QED) is 0.454. The van der Waals surface area contributed by atoms with Crippen molar-refractivity contribution in [1.82, 2.24) is 5.32 Å². The Bertz CT molecular complexity index is 977. The summed E-state index contributed by atoms with van der Waals surface area (Å²) in [6.45, 7) is 3.15. The van der Waals surface area contributed by atoms with Crippen LogP contribution in [0.3, 0.4) is 0 Å². The molecule has 0 bridgehead atoms. The number of anilines is 1. The SMILES string of the molecule is C[C@H](CNc1ccc2cc(C(=O)O)ccc2c1)NC[C@H](O)c1cccc(Cl)c1. The molecule has 0 radical (unpaired) electrons. The Balaban J connectivity index is 1.53. The van der Waals surface area contributed by atoms with E-state index in [0.29, 0.717) is 18.1 Å². The average molecular weight is 399 g/mol. The van der Waals surface area contributed by atoms with Gasteiger partial charge in [0.25, 0.3) is 0 Å². The van der Waals surface area contributed by atoms with Crippen LogP contribution >= 0.6 is 11.6 Å². The number of carboxylic acid groups (broad SMARTS) is 1. The number of fused-ring (bicyclic) bond motifs is 1. The first-order valence-electron chi connectivity index (χ1n) is 9.10. The molecule has 146 valence electrons. The number of rotatable bonds is 8. The largest absolute Gasteiger partial charge is 0.478 e. The van der Waals surface area contributed by atoms with Crippen molar-refractivity contribution in [1.29, 1.82) is 0 Å². The number of halogens is 1. The van der Waals surface area contributed by atoms with E-state index in [1.165, 1.54) is 0 Å². The van der Waals surface area contributed by atoms with Gasteiger partial charge in [-0.1, -0.05) is 35.9 Å². The standard InChI is InChI=1S/C22H23ClN2O3/c1-14(24-13-21(26)17-3-2-4-19(23)10-17)12-25-20-8-7-15-9-18(22(27)28)6-5-16(15)11-20/h2-11,14,21,24-26H,12-13H2,1H3,(H,27,28)/t14-,21+/m1/s1. The van der Waals surface area contributed by atoms with Crippen LogP contribution < -0.4 is 10.6 Å². The lowest BCUT2D eigenvalue weighted by molar-refractivity contribution is 0.0697. The number of nitrogens with one attached hydrogen (secondary N) is 2. The predicted molar refractivity (Wildman–Crippen MR) is 113 cm³/mol. The summed E-state index contributed by atoms with van der Waals surface area (Å²) in [5.74, 6) is -0.927. The molecule has 0 saturated carbocycles. The van der Waals surface area contributed by atoms with Crippen LogP contribution in [-0.2, 0) is 0 Å². The molecule has 0 heterocycles. The molecule has 0 unspecified atom stereocenters. The Morgan fingerprint density at radius 2 is 1.79 bits per heavy atom. The second-order valence-electron chi connectivity index (χ2n) is 6.84. The van der Waals surface area contributed by atoms with E-state index in [4.69, 9.17) is 16.7 Å². The first-order valence-corrected chi connectivity index (χ1v) is 9.48. The smallest absolute Gasteiger partial charge is 0.335 e. The maximum atomic E-state index is 11.1. The minimum atomic E-state index is -0.927. The lowest BCUT2D eigenvalue weighted by atomic mass is 10.1. The number of hydrogen-bond acceptors (Lipinski definition) is 4. The average Bonchev–Trinajstić information content (AvgIpc) is 2.69. The molecule has 5 nitrogen and oxygen atoms in total. The molecule has 28 heavy (non-hydrogen) atoms. The Labute approximate surface area is 169 Å². The van der Waals surface area contributed by atoms with E-state index in [1.807, 2.05) is 43.3 Å². The highest BCUT2D eigenvalue weighted by molar-refractivity contribution is 6.30. The van der Waals surface area contributed by atoms with Gasteiger partial charge < -0.3 is 20.8 Å². The molecule has 0 aliphatic heterocycles. The molecule has 3 aromatic carbocycles. The van der Waals surface area contributed by atoms with Crippen molar-refractivity contribution in [3.63, 3.8) is 0 Å². The summed E-state index contributed by atoms with van der Waals surface area (Å²) >= 11 is 5.96. The van der Waals surface area contributed by atoms with Gasteiger partial charge in [0.2, 0.25) is 0 Å². The summed E-state index contributed by atoms with van der Waals surface area (Å²) in [5, 5.41) is 28.5. The van der Waals surface area contributed by atoms with E-state index in [0.717, 1.165) is 22.0 Å². The summed E-state index contributed by atoms with van der Waals surface area (Å²) in [5.41, 5.74) is 2.03. The molecular formula is C22H23ClN2O3. The number of aliphatic hydroxyl groups excluding tert-OH is 1. The zero-order chi connectivity index (χ0) is 20.1. The van der Waals surface area contributed by atoms with E-state index < -0.39 is 12.1 Å². The maximum Gasteiger partial charge on any atom is 0.335 e. The first-order chi connectivity index (χ1) is 13.4. The van der Waals surface area contributed by atoms with Gasteiger partial charge in [0.1, 0.15) is 0 Å². The molecule has 2 atom stereocenters. The lowest BCUT2D eigenvalue weighted by Gasteiger charge is -2.19. The molecule has 3 aromatic rings. The van der Waals surface area contributed by atoms with E-state index in [1.54, 1.807) is 24.3 Å². The van der Waals surface area contributed by atoms with Gasteiger partial charge in [0, 0.05) is 29.8 Å². The zero-order valence-corrected chi connectivity index (χ0v) is 16.3. The van der Waals surface area contributed by atoms with E-state index in [9.17, 15) is 9.90 Å². The fourth-order valence-electron chi connectivity index (χ4n) is 2.98. The summed E-state index contributed by atoms with van der Waals surface area (Å²) in [6.07, 6.45) is -0.620. The van der Waals surface area contributed by atoms with Crippen LogP contribution in [0.1, 0.15) is 28.9 Å². The van der Waals surface area contributed by atoms with Crippen molar-refractivity contribution in [3.8, 4) is 0 Å². The normalized spacial score (nSPS) is 13.2. The summed E-state index contributed by atoms with van der Waals surface area (Å²) in [6, 6.07) is 18.3. The van der Waals surface area contributed by atoms with Crippen LogP contribution in [-0.4, -0.2) is 35.3 Å². The highest BCUT2D eigenvalue weighted by atomic mass is 35.5. The maximum absolute atomic E-state index is 11.1. The second kappa shape index (κ2) is 9.06. The van der Waals surface area contributed by atoms with Gasteiger partial charge >= 0.3 is 5.97 Å². The van der Waals surface area contributed by atoms with Crippen LogP contribution in [0.25, 0.3) is 10.8 Å².